The summed E-state index contributed by atoms with van der Waals surface area (Å²) in [6.07, 6.45) is 3.42. The molecule has 0 spiro atoms. The molecule has 5 nitrogen and oxygen atoms in total. The number of aromatic nitrogens is 1. The van der Waals surface area contributed by atoms with E-state index in [9.17, 15) is 0 Å². The zero-order valence-electron chi connectivity index (χ0n) is 14.2. The van der Waals surface area contributed by atoms with E-state index < -0.39 is 0 Å². The van der Waals surface area contributed by atoms with Crippen LogP contribution in [0.2, 0.25) is 0 Å². The van der Waals surface area contributed by atoms with Gasteiger partial charge in [-0.3, -0.25) is 10.4 Å². The second-order valence-electron chi connectivity index (χ2n) is 5.59. The largest absolute Gasteiger partial charge is 0.276 e. The van der Waals surface area contributed by atoms with Crippen molar-refractivity contribution in [3.63, 3.8) is 0 Å². The highest BCUT2D eigenvalue weighted by atomic mass is 15.3. The molecule has 0 fully saturated rings. The van der Waals surface area contributed by atoms with E-state index in [0.717, 1.165) is 28.1 Å². The molecule has 3 rings (SSSR count). The smallest absolute Gasteiger partial charge is 0.201 e. The standard InChI is InChI=1S/C20H19N5/c1-15-7-6-8-16(2)19(15)23-25-20(17-11-13-21-14-12-17)24-22-18-9-4-3-5-10-18/h3-14,22H,1-2H3/b24-20+,25-23?. The van der Waals surface area contributed by atoms with Crippen LogP contribution in [-0.2, 0) is 0 Å². The van der Waals surface area contributed by atoms with Gasteiger partial charge in [-0.2, -0.15) is 5.10 Å². The predicted octanol–water partition coefficient (Wildman–Crippen LogP) is 5.26. The number of anilines is 1. The Morgan fingerprint density at radius 3 is 2.20 bits per heavy atom. The maximum Gasteiger partial charge on any atom is 0.201 e. The fourth-order valence-corrected chi connectivity index (χ4v) is 2.34. The number of hydrogen-bond donors (Lipinski definition) is 1. The van der Waals surface area contributed by atoms with Crippen molar-refractivity contribution in [3.8, 4) is 0 Å². The van der Waals surface area contributed by atoms with Gasteiger partial charge in [0.15, 0.2) is 0 Å². The second-order valence-corrected chi connectivity index (χ2v) is 5.59. The van der Waals surface area contributed by atoms with Crippen molar-refractivity contribution in [1.82, 2.24) is 4.98 Å². The number of nitrogens with one attached hydrogen (secondary N) is 1. The quantitative estimate of drug-likeness (QED) is 0.307. The van der Waals surface area contributed by atoms with Crippen LogP contribution in [-0.4, -0.2) is 10.8 Å². The molecule has 0 aliphatic carbocycles. The third-order valence-corrected chi connectivity index (χ3v) is 3.69. The maximum absolute atomic E-state index is 4.43. The van der Waals surface area contributed by atoms with Crippen molar-refractivity contribution in [2.24, 2.45) is 15.3 Å². The Kier molecular flexibility index (Phi) is 5.26. The first-order valence-electron chi connectivity index (χ1n) is 8.01. The van der Waals surface area contributed by atoms with Gasteiger partial charge in [-0.05, 0) is 49.2 Å². The molecule has 0 atom stereocenters. The summed E-state index contributed by atoms with van der Waals surface area (Å²) in [5.41, 5.74) is 7.77. The molecular formula is C20H19N5. The van der Waals surface area contributed by atoms with Gasteiger partial charge >= 0.3 is 0 Å². The number of aryl methyl sites for hydroxylation is 2. The van der Waals surface area contributed by atoms with Crippen molar-refractivity contribution < 1.29 is 0 Å². The Bertz CT molecular complexity index is 866. The van der Waals surface area contributed by atoms with Gasteiger partial charge in [-0.25, -0.2) is 0 Å². The molecular weight excluding hydrogens is 310 g/mol. The SMILES string of the molecule is Cc1cccc(C)c1N=N/C(=N/Nc1ccccc1)c1ccncc1. The van der Waals surface area contributed by atoms with Gasteiger partial charge in [0.1, 0.15) is 0 Å². The summed E-state index contributed by atoms with van der Waals surface area (Å²) in [5.74, 6) is 0.494. The zero-order chi connectivity index (χ0) is 17.5. The number of azo groups is 1. The highest BCUT2D eigenvalue weighted by Crippen LogP contribution is 2.23. The number of pyridine rings is 1. The van der Waals surface area contributed by atoms with Crippen LogP contribution < -0.4 is 5.43 Å². The van der Waals surface area contributed by atoms with Crippen LogP contribution in [0.3, 0.4) is 0 Å². The van der Waals surface area contributed by atoms with Gasteiger partial charge in [-0.1, -0.05) is 36.4 Å². The maximum atomic E-state index is 4.43. The van der Waals surface area contributed by atoms with Gasteiger partial charge < -0.3 is 0 Å². The van der Waals surface area contributed by atoms with E-state index in [-0.39, 0.29) is 0 Å². The van der Waals surface area contributed by atoms with E-state index in [1.807, 2.05) is 74.5 Å². The van der Waals surface area contributed by atoms with Crippen LogP contribution in [0.4, 0.5) is 11.4 Å². The Morgan fingerprint density at radius 1 is 0.840 bits per heavy atom. The van der Waals surface area contributed by atoms with Crippen LogP contribution in [0.5, 0.6) is 0 Å². The first-order chi connectivity index (χ1) is 12.2. The van der Waals surface area contributed by atoms with Crippen molar-refractivity contribution in [2.75, 3.05) is 5.43 Å². The molecule has 0 amide bonds. The molecule has 124 valence electrons. The van der Waals surface area contributed by atoms with Gasteiger partial charge in [0.25, 0.3) is 0 Å². The summed E-state index contributed by atoms with van der Waals surface area (Å²) >= 11 is 0. The lowest BCUT2D eigenvalue weighted by Gasteiger charge is -2.05. The highest BCUT2D eigenvalue weighted by molar-refractivity contribution is 5.99. The number of benzene rings is 2. The second kappa shape index (κ2) is 7.97. The molecule has 2 aromatic carbocycles. The van der Waals surface area contributed by atoms with E-state index in [1.54, 1.807) is 12.4 Å². The van der Waals surface area contributed by atoms with Gasteiger partial charge in [-0.15, -0.1) is 10.2 Å². The van der Waals surface area contributed by atoms with E-state index in [4.69, 9.17) is 0 Å². The van der Waals surface area contributed by atoms with Crippen molar-refractivity contribution >= 4 is 17.2 Å². The number of hydrogen-bond acceptors (Lipinski definition) is 4. The molecule has 0 saturated carbocycles. The van der Waals surface area contributed by atoms with Crippen LogP contribution in [0, 0.1) is 13.8 Å². The molecule has 0 saturated heterocycles. The average Bonchev–Trinajstić information content (AvgIpc) is 2.65. The summed E-state index contributed by atoms with van der Waals surface area (Å²) in [7, 11) is 0. The van der Waals surface area contributed by atoms with Crippen molar-refractivity contribution in [2.45, 2.75) is 13.8 Å². The van der Waals surface area contributed by atoms with E-state index in [2.05, 4.69) is 25.7 Å². The number of amidine groups is 1. The predicted molar refractivity (Wildman–Crippen MR) is 101 cm³/mol. The molecule has 1 N–H and O–H groups in total. The third-order valence-electron chi connectivity index (χ3n) is 3.69. The molecule has 5 heteroatoms. The first-order valence-corrected chi connectivity index (χ1v) is 8.01. The van der Waals surface area contributed by atoms with Crippen LogP contribution in [0.15, 0.2) is 88.4 Å². The Labute approximate surface area is 147 Å². The lowest BCUT2D eigenvalue weighted by atomic mass is 10.1. The monoisotopic (exact) mass is 329 g/mol. The number of para-hydroxylation sites is 1. The molecule has 1 aromatic heterocycles. The number of rotatable bonds is 4. The minimum absolute atomic E-state index is 0.494. The van der Waals surface area contributed by atoms with Crippen molar-refractivity contribution in [3.05, 3.63) is 89.7 Å². The molecule has 0 bridgehead atoms. The fourth-order valence-electron chi connectivity index (χ4n) is 2.34. The summed E-state index contributed by atoms with van der Waals surface area (Å²) < 4.78 is 0. The zero-order valence-corrected chi connectivity index (χ0v) is 14.2. The van der Waals surface area contributed by atoms with Crippen LogP contribution in [0.1, 0.15) is 16.7 Å². The Balaban J connectivity index is 1.93. The third kappa shape index (κ3) is 4.35. The van der Waals surface area contributed by atoms with Gasteiger partial charge in [0.2, 0.25) is 5.84 Å². The molecule has 0 radical (unpaired) electrons. The lowest BCUT2D eigenvalue weighted by Crippen LogP contribution is -2.01. The van der Waals surface area contributed by atoms with Gasteiger partial charge in [0, 0.05) is 18.0 Å². The fraction of sp³-hybridized carbons (Fsp3) is 0.100. The summed E-state index contributed by atoms with van der Waals surface area (Å²) in [6.45, 7) is 4.04. The number of nitrogens with zero attached hydrogens (tertiary/aromatic N) is 4. The Hall–Kier alpha value is -3.34. The van der Waals surface area contributed by atoms with Crippen LogP contribution in [0.25, 0.3) is 0 Å². The molecule has 25 heavy (non-hydrogen) atoms. The van der Waals surface area contributed by atoms with Crippen LogP contribution >= 0.6 is 0 Å². The normalized spacial score (nSPS) is 11.7. The molecule has 3 aromatic rings. The summed E-state index contributed by atoms with van der Waals surface area (Å²) in [6, 6.07) is 19.5. The minimum atomic E-state index is 0.494. The number of hydrazone groups is 1. The molecule has 1 heterocycles. The van der Waals surface area contributed by atoms with Gasteiger partial charge in [0.05, 0.1) is 11.4 Å². The van der Waals surface area contributed by atoms with E-state index in [1.165, 1.54) is 0 Å². The lowest BCUT2D eigenvalue weighted by molar-refractivity contribution is 1.18. The summed E-state index contributed by atoms with van der Waals surface area (Å²) in [4.78, 5) is 4.04. The van der Waals surface area contributed by atoms with Crippen molar-refractivity contribution in [1.29, 1.82) is 0 Å². The molecule has 0 aliphatic rings. The molecule has 0 unspecified atom stereocenters. The highest BCUT2D eigenvalue weighted by Gasteiger charge is 2.05. The Morgan fingerprint density at radius 2 is 1.52 bits per heavy atom. The topological polar surface area (TPSA) is 62.0 Å². The minimum Gasteiger partial charge on any atom is -0.276 e. The summed E-state index contributed by atoms with van der Waals surface area (Å²) in [5, 5.41) is 13.2. The molecule has 0 aliphatic heterocycles. The van der Waals surface area contributed by atoms with E-state index in [0.29, 0.717) is 5.84 Å². The first kappa shape index (κ1) is 16.5. The average molecular weight is 329 g/mol. The van der Waals surface area contributed by atoms with E-state index >= 15 is 0 Å².